The van der Waals surface area contributed by atoms with Gasteiger partial charge in [0.1, 0.15) is 6.04 Å². The highest BCUT2D eigenvalue weighted by Crippen LogP contribution is 2.65. The molecule has 2 heterocycles. The van der Waals surface area contributed by atoms with Crippen LogP contribution in [0.1, 0.15) is 13.3 Å². The van der Waals surface area contributed by atoms with E-state index in [1.165, 1.54) is 0 Å². The van der Waals surface area contributed by atoms with Crippen molar-refractivity contribution in [3.63, 3.8) is 0 Å². The van der Waals surface area contributed by atoms with Crippen LogP contribution in [0.4, 0.5) is 0 Å². The fourth-order valence-electron chi connectivity index (χ4n) is 4.51. The van der Waals surface area contributed by atoms with Gasteiger partial charge in [-0.05, 0) is 17.9 Å². The molecule has 6 atom stereocenters. The van der Waals surface area contributed by atoms with E-state index < -0.39 is 12.0 Å². The van der Waals surface area contributed by atoms with E-state index in [4.69, 9.17) is 5.11 Å². The van der Waals surface area contributed by atoms with Crippen LogP contribution in [0.3, 0.4) is 0 Å². The maximum absolute atomic E-state index is 12.2. The highest BCUT2D eigenvalue weighted by Gasteiger charge is 2.77. The lowest BCUT2D eigenvalue weighted by Crippen LogP contribution is -2.50. The van der Waals surface area contributed by atoms with E-state index in [2.05, 4.69) is 17.6 Å². The van der Waals surface area contributed by atoms with Gasteiger partial charge in [0.2, 0.25) is 0 Å². The third-order valence-corrected chi connectivity index (χ3v) is 5.25. The molecule has 2 aliphatic heterocycles. The number of carboxylic acids is 1. The van der Waals surface area contributed by atoms with Crippen molar-refractivity contribution in [2.45, 2.75) is 31.5 Å². The van der Waals surface area contributed by atoms with Crippen LogP contribution in [0.15, 0.2) is 11.6 Å². The molecule has 4 rings (SSSR count). The first-order valence-corrected chi connectivity index (χ1v) is 6.55. The van der Waals surface area contributed by atoms with Gasteiger partial charge in [0, 0.05) is 24.5 Å². The van der Waals surface area contributed by atoms with E-state index in [0.717, 1.165) is 18.5 Å². The molecular formula is C13H16N2O3. The summed E-state index contributed by atoms with van der Waals surface area (Å²) < 4.78 is 0. The number of hydrogen-bond acceptors (Lipinski definition) is 4. The number of carbonyl (C=O) groups excluding carboxylic acids is 1. The van der Waals surface area contributed by atoms with Gasteiger partial charge in [-0.1, -0.05) is 13.0 Å². The number of rotatable bonds is 1. The molecule has 0 aromatic heterocycles. The SMILES string of the molecule is CC1CC2NC(C(=O)O)C=C2C23C(=O)C2CNC13. The summed E-state index contributed by atoms with van der Waals surface area (Å²) in [6, 6.07) is -0.335. The van der Waals surface area contributed by atoms with Crippen LogP contribution in [0.2, 0.25) is 0 Å². The molecule has 5 nitrogen and oxygen atoms in total. The fraction of sp³-hybridized carbons (Fsp3) is 0.692. The van der Waals surface area contributed by atoms with E-state index in [1.807, 2.05) is 0 Å². The first-order valence-electron chi connectivity index (χ1n) is 6.55. The van der Waals surface area contributed by atoms with Crippen LogP contribution in [-0.4, -0.2) is 41.5 Å². The summed E-state index contributed by atoms with van der Waals surface area (Å²) >= 11 is 0. The first-order chi connectivity index (χ1) is 8.56. The van der Waals surface area contributed by atoms with Gasteiger partial charge >= 0.3 is 5.97 Å². The van der Waals surface area contributed by atoms with Gasteiger partial charge in [-0.3, -0.25) is 14.9 Å². The van der Waals surface area contributed by atoms with Gasteiger partial charge in [0.25, 0.3) is 0 Å². The number of piperidine rings is 1. The molecule has 96 valence electrons. The Balaban J connectivity index is 1.80. The molecule has 1 saturated heterocycles. The van der Waals surface area contributed by atoms with Gasteiger partial charge in [-0.25, -0.2) is 0 Å². The standard InChI is InChI=1S/C13H16N2O3/c1-5-2-8-6(3-9(15-8)12(17)18)13-7(11(13)16)4-14-10(5)13/h3,5,7-10,14-15H,2,4H2,1H3,(H,17,18). The van der Waals surface area contributed by atoms with Crippen LogP contribution >= 0.6 is 0 Å². The summed E-state index contributed by atoms with van der Waals surface area (Å²) in [4.78, 5) is 23.3. The van der Waals surface area contributed by atoms with Crippen LogP contribution in [0.5, 0.6) is 0 Å². The Bertz CT molecular complexity index is 500. The van der Waals surface area contributed by atoms with Gasteiger partial charge < -0.3 is 10.4 Å². The monoisotopic (exact) mass is 248 g/mol. The molecule has 0 amide bonds. The minimum absolute atomic E-state index is 0.0752. The number of aliphatic carboxylic acids is 1. The highest BCUT2D eigenvalue weighted by atomic mass is 16.4. The zero-order chi connectivity index (χ0) is 12.7. The van der Waals surface area contributed by atoms with E-state index >= 15 is 0 Å². The lowest BCUT2D eigenvalue weighted by atomic mass is 9.70. The summed E-state index contributed by atoms with van der Waals surface area (Å²) in [5, 5.41) is 15.7. The average molecular weight is 248 g/mol. The van der Waals surface area contributed by atoms with E-state index in [1.54, 1.807) is 6.08 Å². The van der Waals surface area contributed by atoms with Crippen molar-refractivity contribution in [3.05, 3.63) is 11.6 Å². The second-order valence-corrected chi connectivity index (χ2v) is 6.04. The summed E-state index contributed by atoms with van der Waals surface area (Å²) in [5.74, 6) is -0.0352. The molecule has 2 aliphatic carbocycles. The van der Waals surface area contributed by atoms with Crippen molar-refractivity contribution in [1.29, 1.82) is 0 Å². The molecule has 3 N–H and O–H groups in total. The third kappa shape index (κ3) is 0.974. The molecule has 2 saturated carbocycles. The number of hydrogen-bond donors (Lipinski definition) is 3. The van der Waals surface area contributed by atoms with Crippen molar-refractivity contribution in [2.24, 2.45) is 17.3 Å². The third-order valence-electron chi connectivity index (χ3n) is 5.25. The van der Waals surface area contributed by atoms with Crippen LogP contribution in [0.25, 0.3) is 0 Å². The Hall–Kier alpha value is -1.20. The van der Waals surface area contributed by atoms with Crippen molar-refractivity contribution < 1.29 is 14.7 Å². The predicted molar refractivity (Wildman–Crippen MR) is 62.9 cm³/mol. The van der Waals surface area contributed by atoms with Crippen molar-refractivity contribution in [1.82, 2.24) is 10.6 Å². The minimum atomic E-state index is -0.854. The Morgan fingerprint density at radius 3 is 3.00 bits per heavy atom. The molecule has 5 heteroatoms. The second-order valence-electron chi connectivity index (χ2n) is 6.04. The Labute approximate surface area is 105 Å². The van der Waals surface area contributed by atoms with E-state index in [-0.39, 0.29) is 23.4 Å². The lowest BCUT2D eigenvalue weighted by Gasteiger charge is -2.38. The Morgan fingerprint density at radius 1 is 1.56 bits per heavy atom. The summed E-state index contributed by atoms with van der Waals surface area (Å²) in [7, 11) is 0. The molecule has 18 heavy (non-hydrogen) atoms. The van der Waals surface area contributed by atoms with E-state index in [9.17, 15) is 9.59 Å². The Morgan fingerprint density at radius 2 is 2.33 bits per heavy atom. The normalized spacial score (nSPS) is 52.4. The maximum Gasteiger partial charge on any atom is 0.324 e. The summed E-state index contributed by atoms with van der Waals surface area (Å²) in [6.45, 7) is 2.91. The summed E-state index contributed by atoms with van der Waals surface area (Å²) in [5.41, 5.74) is 0.692. The lowest BCUT2D eigenvalue weighted by molar-refractivity contribution is -0.138. The van der Waals surface area contributed by atoms with E-state index in [0.29, 0.717) is 11.7 Å². The summed E-state index contributed by atoms with van der Waals surface area (Å²) in [6.07, 6.45) is 2.70. The topological polar surface area (TPSA) is 78.4 Å². The molecule has 0 aromatic rings. The first kappa shape index (κ1) is 10.7. The quantitative estimate of drug-likeness (QED) is 0.547. The molecule has 0 aromatic carbocycles. The number of ketones is 1. The smallest absolute Gasteiger partial charge is 0.324 e. The minimum Gasteiger partial charge on any atom is -0.480 e. The van der Waals surface area contributed by atoms with Crippen LogP contribution in [-0.2, 0) is 9.59 Å². The van der Waals surface area contributed by atoms with Gasteiger partial charge in [-0.15, -0.1) is 0 Å². The largest absolute Gasteiger partial charge is 0.480 e. The zero-order valence-electron chi connectivity index (χ0n) is 10.1. The van der Waals surface area contributed by atoms with Crippen molar-refractivity contribution in [2.75, 3.05) is 6.54 Å². The van der Waals surface area contributed by atoms with Crippen molar-refractivity contribution in [3.8, 4) is 0 Å². The maximum atomic E-state index is 12.2. The van der Waals surface area contributed by atoms with Gasteiger partial charge in [0.15, 0.2) is 5.78 Å². The van der Waals surface area contributed by atoms with Gasteiger partial charge in [0.05, 0.1) is 5.41 Å². The molecule has 0 bridgehead atoms. The second kappa shape index (κ2) is 3.03. The highest BCUT2D eigenvalue weighted by molar-refractivity contribution is 6.09. The Kier molecular flexibility index (Phi) is 1.80. The number of fused-ring (bicyclic) bond motifs is 1. The van der Waals surface area contributed by atoms with Crippen LogP contribution in [0, 0.1) is 17.3 Å². The van der Waals surface area contributed by atoms with Crippen LogP contribution < -0.4 is 10.6 Å². The predicted octanol–water partition coefficient (Wildman–Crippen LogP) is -0.465. The molecule has 6 unspecified atom stereocenters. The average Bonchev–Trinajstić information content (AvgIpc) is 2.74. The molecule has 0 radical (unpaired) electrons. The number of carboxylic acid groups (broad SMARTS) is 1. The zero-order valence-corrected chi connectivity index (χ0v) is 10.1. The fourth-order valence-corrected chi connectivity index (χ4v) is 4.51. The van der Waals surface area contributed by atoms with Crippen molar-refractivity contribution >= 4 is 11.8 Å². The molecule has 3 fully saturated rings. The number of nitrogens with one attached hydrogen (secondary N) is 2. The number of carbonyl (C=O) groups is 2. The van der Waals surface area contributed by atoms with Gasteiger partial charge in [-0.2, -0.15) is 0 Å². The molecule has 4 aliphatic rings. The molecular weight excluding hydrogens is 232 g/mol. The number of Topliss-reactive ketones (excluding diaryl/α,β-unsaturated/α-hetero) is 1. The molecule has 1 spiro atoms.